The lowest BCUT2D eigenvalue weighted by atomic mass is 10.1. The van der Waals surface area contributed by atoms with Crippen LogP contribution in [0.25, 0.3) is 17.0 Å². The van der Waals surface area contributed by atoms with Gasteiger partial charge in [-0.15, -0.1) is 0 Å². The van der Waals surface area contributed by atoms with E-state index >= 15 is 0 Å². The number of ketones is 1. The van der Waals surface area contributed by atoms with Gasteiger partial charge in [0.15, 0.2) is 5.78 Å². The summed E-state index contributed by atoms with van der Waals surface area (Å²) in [5.41, 5.74) is 3.70. The number of carbonyl (C=O) groups excluding carboxylic acids is 1. The SMILES string of the molecule is CCc1nc2nnnn2c2c1C(=O)c1ccccc1-2. The summed E-state index contributed by atoms with van der Waals surface area (Å²) in [6, 6.07) is 7.51. The van der Waals surface area contributed by atoms with E-state index in [4.69, 9.17) is 0 Å². The van der Waals surface area contributed by atoms with Crippen LogP contribution < -0.4 is 0 Å². The van der Waals surface area contributed by atoms with Crippen LogP contribution in [0.2, 0.25) is 0 Å². The van der Waals surface area contributed by atoms with Crippen molar-refractivity contribution in [2.24, 2.45) is 0 Å². The Morgan fingerprint density at radius 1 is 1.21 bits per heavy atom. The first kappa shape index (κ1) is 10.3. The fraction of sp³-hybridized carbons (Fsp3) is 0.154. The van der Waals surface area contributed by atoms with E-state index in [1.165, 1.54) is 4.52 Å². The number of hydrogen-bond donors (Lipinski definition) is 0. The molecule has 0 saturated carbocycles. The molecule has 2 heterocycles. The summed E-state index contributed by atoms with van der Waals surface area (Å²) in [7, 11) is 0. The highest BCUT2D eigenvalue weighted by Gasteiger charge is 2.32. The molecule has 0 amide bonds. The number of nitrogens with zero attached hydrogens (tertiary/aromatic N) is 5. The predicted octanol–water partition coefficient (Wildman–Crippen LogP) is 1.29. The van der Waals surface area contributed by atoms with Gasteiger partial charge >= 0.3 is 0 Å². The number of tetrazole rings is 1. The summed E-state index contributed by atoms with van der Waals surface area (Å²) >= 11 is 0. The van der Waals surface area contributed by atoms with E-state index in [0.29, 0.717) is 23.3 Å². The van der Waals surface area contributed by atoms with E-state index in [1.807, 2.05) is 31.2 Å². The van der Waals surface area contributed by atoms with Crippen molar-refractivity contribution in [1.82, 2.24) is 25.0 Å². The normalized spacial score (nSPS) is 12.8. The zero-order chi connectivity index (χ0) is 13.0. The van der Waals surface area contributed by atoms with E-state index in [-0.39, 0.29) is 5.78 Å². The molecule has 0 unspecified atom stereocenters. The standard InChI is InChI=1S/C13H9N5O/c1-2-9-10-11(18-13(14-9)15-16-17-18)7-5-3-4-6-8(7)12(10)19/h3-6H,2H2,1H3. The van der Waals surface area contributed by atoms with Crippen LogP contribution in [-0.2, 0) is 6.42 Å². The first-order valence-electron chi connectivity index (χ1n) is 6.06. The monoisotopic (exact) mass is 251 g/mol. The highest BCUT2D eigenvalue weighted by atomic mass is 16.1. The highest BCUT2D eigenvalue weighted by Crippen LogP contribution is 2.37. The third-order valence-corrected chi connectivity index (χ3v) is 3.41. The molecule has 6 heteroatoms. The van der Waals surface area contributed by atoms with Gasteiger partial charge in [-0.3, -0.25) is 4.79 Å². The van der Waals surface area contributed by atoms with Gasteiger partial charge in [-0.05, 0) is 16.8 Å². The number of fused-ring (bicyclic) bond motifs is 5. The van der Waals surface area contributed by atoms with Crippen LogP contribution in [0.4, 0.5) is 0 Å². The molecule has 1 aliphatic carbocycles. The number of benzene rings is 1. The lowest BCUT2D eigenvalue weighted by Crippen LogP contribution is -2.07. The Hall–Kier alpha value is -2.63. The molecule has 0 atom stereocenters. The van der Waals surface area contributed by atoms with Gasteiger partial charge in [-0.1, -0.05) is 36.3 Å². The maximum Gasteiger partial charge on any atom is 0.274 e. The van der Waals surface area contributed by atoms with Crippen LogP contribution in [0, 0.1) is 0 Å². The van der Waals surface area contributed by atoms with Crippen molar-refractivity contribution in [2.75, 3.05) is 0 Å². The maximum atomic E-state index is 12.5. The van der Waals surface area contributed by atoms with Crippen molar-refractivity contribution in [3.8, 4) is 11.3 Å². The molecule has 0 spiro atoms. The molecule has 1 aromatic carbocycles. The van der Waals surface area contributed by atoms with Gasteiger partial charge in [0.25, 0.3) is 5.78 Å². The van der Waals surface area contributed by atoms with E-state index in [9.17, 15) is 4.79 Å². The summed E-state index contributed by atoms with van der Waals surface area (Å²) in [5.74, 6) is 0.437. The lowest BCUT2D eigenvalue weighted by Gasteiger charge is -2.05. The number of carbonyl (C=O) groups is 1. The third-order valence-electron chi connectivity index (χ3n) is 3.41. The van der Waals surface area contributed by atoms with E-state index in [1.54, 1.807) is 0 Å². The molecule has 1 aliphatic rings. The zero-order valence-electron chi connectivity index (χ0n) is 10.2. The van der Waals surface area contributed by atoms with Crippen LogP contribution in [0.5, 0.6) is 0 Å². The molecule has 0 N–H and O–H groups in total. The molecule has 0 saturated heterocycles. The molecule has 0 fully saturated rings. The Balaban J connectivity index is 2.23. The van der Waals surface area contributed by atoms with Crippen molar-refractivity contribution >= 4 is 11.6 Å². The summed E-state index contributed by atoms with van der Waals surface area (Å²) in [5, 5.41) is 11.5. The number of hydrogen-bond acceptors (Lipinski definition) is 5. The molecular formula is C13H9N5O. The van der Waals surface area contributed by atoms with Crippen LogP contribution in [0.1, 0.15) is 28.5 Å². The molecule has 6 nitrogen and oxygen atoms in total. The Bertz CT molecular complexity index is 836. The second-order valence-electron chi connectivity index (χ2n) is 4.40. The fourth-order valence-corrected chi connectivity index (χ4v) is 2.58. The van der Waals surface area contributed by atoms with E-state index < -0.39 is 0 Å². The number of aromatic nitrogens is 5. The van der Waals surface area contributed by atoms with Gasteiger partial charge in [-0.25, -0.2) is 4.98 Å². The van der Waals surface area contributed by atoms with Gasteiger partial charge in [0, 0.05) is 11.1 Å². The predicted molar refractivity (Wildman–Crippen MR) is 66.8 cm³/mol. The maximum absolute atomic E-state index is 12.5. The molecule has 3 aromatic rings. The van der Waals surface area contributed by atoms with Gasteiger partial charge in [0.05, 0.1) is 17.0 Å². The zero-order valence-corrected chi connectivity index (χ0v) is 10.2. The first-order chi connectivity index (χ1) is 9.31. The summed E-state index contributed by atoms with van der Waals surface area (Å²) in [6.45, 7) is 1.97. The Kier molecular flexibility index (Phi) is 1.87. The van der Waals surface area contributed by atoms with Gasteiger partial charge in [0.1, 0.15) is 0 Å². The molecule has 4 rings (SSSR count). The smallest absolute Gasteiger partial charge is 0.274 e. The average molecular weight is 251 g/mol. The Labute approximate surface area is 108 Å². The van der Waals surface area contributed by atoms with E-state index in [0.717, 1.165) is 17.0 Å². The largest absolute Gasteiger partial charge is 0.288 e. The topological polar surface area (TPSA) is 73.0 Å². The third kappa shape index (κ3) is 1.17. The van der Waals surface area contributed by atoms with Crippen molar-refractivity contribution in [1.29, 1.82) is 0 Å². The van der Waals surface area contributed by atoms with Crippen LogP contribution in [0.3, 0.4) is 0 Å². The average Bonchev–Trinajstić information content (AvgIpc) is 3.02. The van der Waals surface area contributed by atoms with Crippen LogP contribution in [0.15, 0.2) is 24.3 Å². The minimum atomic E-state index is 0.00681. The second-order valence-corrected chi connectivity index (χ2v) is 4.40. The lowest BCUT2D eigenvalue weighted by molar-refractivity contribution is 0.104. The highest BCUT2D eigenvalue weighted by molar-refractivity contribution is 6.21. The minimum Gasteiger partial charge on any atom is -0.288 e. The van der Waals surface area contributed by atoms with Crippen molar-refractivity contribution in [2.45, 2.75) is 13.3 Å². The van der Waals surface area contributed by atoms with Gasteiger partial charge < -0.3 is 0 Å². The van der Waals surface area contributed by atoms with Gasteiger partial charge in [-0.2, -0.15) is 4.52 Å². The van der Waals surface area contributed by atoms with Crippen LogP contribution >= 0.6 is 0 Å². The Morgan fingerprint density at radius 2 is 2.00 bits per heavy atom. The van der Waals surface area contributed by atoms with Crippen LogP contribution in [-0.4, -0.2) is 30.8 Å². The molecule has 92 valence electrons. The molecular weight excluding hydrogens is 242 g/mol. The molecule has 0 aliphatic heterocycles. The summed E-state index contributed by atoms with van der Waals surface area (Å²) in [6.07, 6.45) is 0.672. The van der Waals surface area contributed by atoms with Crippen molar-refractivity contribution in [3.05, 3.63) is 41.1 Å². The van der Waals surface area contributed by atoms with E-state index in [2.05, 4.69) is 20.5 Å². The number of rotatable bonds is 1. The first-order valence-corrected chi connectivity index (χ1v) is 6.06. The molecule has 0 bridgehead atoms. The molecule has 2 aromatic heterocycles. The van der Waals surface area contributed by atoms with Crippen molar-refractivity contribution < 1.29 is 4.79 Å². The number of aryl methyl sites for hydroxylation is 1. The fourth-order valence-electron chi connectivity index (χ4n) is 2.58. The quantitative estimate of drug-likeness (QED) is 0.509. The minimum absolute atomic E-state index is 0.00681. The molecule has 0 radical (unpaired) electrons. The Morgan fingerprint density at radius 3 is 2.79 bits per heavy atom. The van der Waals surface area contributed by atoms with Gasteiger partial charge in [0.2, 0.25) is 0 Å². The second kappa shape index (κ2) is 3.44. The molecule has 19 heavy (non-hydrogen) atoms. The van der Waals surface area contributed by atoms with Crippen molar-refractivity contribution in [3.63, 3.8) is 0 Å². The summed E-state index contributed by atoms with van der Waals surface area (Å²) < 4.78 is 1.54. The summed E-state index contributed by atoms with van der Waals surface area (Å²) in [4.78, 5) is 16.9.